The van der Waals surface area contributed by atoms with Gasteiger partial charge in [-0.2, -0.15) is 26.3 Å². The summed E-state index contributed by atoms with van der Waals surface area (Å²) >= 11 is 0. The number of fused-ring (bicyclic) bond motifs is 2. The third-order valence-electron chi connectivity index (χ3n) is 10.1. The van der Waals surface area contributed by atoms with E-state index < -0.39 is 69.2 Å². The second-order valence-corrected chi connectivity index (χ2v) is 14.8. The highest BCUT2D eigenvalue weighted by atomic mass is 19.4. The highest BCUT2D eigenvalue weighted by Crippen LogP contribution is 2.57. The van der Waals surface area contributed by atoms with E-state index in [1.165, 1.54) is 24.3 Å². The van der Waals surface area contributed by atoms with Gasteiger partial charge in [-0.3, -0.25) is 24.1 Å². The number of nitrogens with zero attached hydrogens (tertiary/aromatic N) is 2. The van der Waals surface area contributed by atoms with Crippen molar-refractivity contribution in [1.82, 2.24) is 4.90 Å². The summed E-state index contributed by atoms with van der Waals surface area (Å²) in [5.41, 5.74) is -7.94. The lowest BCUT2D eigenvalue weighted by atomic mass is 9.71. The van der Waals surface area contributed by atoms with E-state index in [9.17, 15) is 19.2 Å². The minimum absolute atomic E-state index is 0.0295. The number of imide groups is 2. The Kier molecular flexibility index (Phi) is 9.09. The van der Waals surface area contributed by atoms with Gasteiger partial charge in [0, 0.05) is 7.05 Å². The Morgan fingerprint density at radius 2 is 0.930 bits per heavy atom. The largest absolute Gasteiger partial charge is 0.453 e. The predicted molar refractivity (Wildman–Crippen MR) is 196 cm³/mol. The second kappa shape index (κ2) is 13.4. The number of amides is 4. The van der Waals surface area contributed by atoms with Crippen molar-refractivity contribution >= 4 is 29.3 Å². The zero-order chi connectivity index (χ0) is 41.4. The van der Waals surface area contributed by atoms with Crippen LogP contribution < -0.4 is 14.4 Å². The Balaban J connectivity index is 1.22. The SMILES string of the molecule is Cc1ccc(Oc2cc(C(C)(C)C)ccc2Oc2ccc(N3C(=O)c4ccc(C(c5ccc6c(c5)C(=O)N(C)C6=O)(C(F)(F)F)C(F)(F)F)cc4C3=O)cc2)cc1. The number of ether oxygens (including phenoxy) is 2. The molecule has 0 aromatic heterocycles. The van der Waals surface area contributed by atoms with Crippen molar-refractivity contribution in [2.45, 2.75) is 50.9 Å². The number of hydrogen-bond donors (Lipinski definition) is 0. The Hall–Kier alpha value is -6.44. The summed E-state index contributed by atoms with van der Waals surface area (Å²) < 4.78 is 103. The number of aryl methyl sites for hydroxylation is 1. The summed E-state index contributed by atoms with van der Waals surface area (Å²) in [6.07, 6.45) is -12.2. The molecule has 0 saturated heterocycles. The quantitative estimate of drug-likeness (QED) is 0.120. The van der Waals surface area contributed by atoms with Gasteiger partial charge < -0.3 is 9.47 Å². The van der Waals surface area contributed by atoms with Crippen LogP contribution in [0.15, 0.2) is 103 Å². The van der Waals surface area contributed by atoms with Crippen molar-refractivity contribution in [3.05, 3.63) is 148 Å². The van der Waals surface area contributed by atoms with Crippen LogP contribution in [0.25, 0.3) is 0 Å². The van der Waals surface area contributed by atoms with E-state index >= 15 is 26.3 Å². The molecule has 0 unspecified atom stereocenters. The average molecular weight is 787 g/mol. The van der Waals surface area contributed by atoms with Gasteiger partial charge in [-0.15, -0.1) is 0 Å². The first-order chi connectivity index (χ1) is 26.6. The van der Waals surface area contributed by atoms with Gasteiger partial charge in [-0.25, -0.2) is 4.90 Å². The molecule has 7 rings (SSSR count). The maximum Gasteiger partial charge on any atom is 0.411 e. The minimum Gasteiger partial charge on any atom is -0.453 e. The summed E-state index contributed by atoms with van der Waals surface area (Å²) in [6.45, 7) is 8.07. The highest BCUT2D eigenvalue weighted by molar-refractivity contribution is 6.34. The van der Waals surface area contributed by atoms with Crippen LogP contribution in [-0.2, 0) is 10.8 Å². The Morgan fingerprint density at radius 3 is 1.46 bits per heavy atom. The van der Waals surface area contributed by atoms with E-state index in [1.54, 1.807) is 6.07 Å². The zero-order valence-electron chi connectivity index (χ0n) is 30.9. The fraction of sp³-hybridized carbons (Fsp3) is 0.209. The molecule has 0 radical (unpaired) electrons. The van der Waals surface area contributed by atoms with E-state index in [-0.39, 0.29) is 22.4 Å². The first kappa shape index (κ1) is 38.8. The molecule has 14 heteroatoms. The monoisotopic (exact) mass is 786 g/mol. The van der Waals surface area contributed by atoms with Crippen molar-refractivity contribution in [2.75, 3.05) is 11.9 Å². The smallest absolute Gasteiger partial charge is 0.411 e. The maximum atomic E-state index is 15.1. The van der Waals surface area contributed by atoms with Crippen LogP contribution in [0.5, 0.6) is 23.0 Å². The van der Waals surface area contributed by atoms with Gasteiger partial charge in [0.15, 0.2) is 11.5 Å². The first-order valence-corrected chi connectivity index (χ1v) is 17.4. The van der Waals surface area contributed by atoms with E-state index in [0.717, 1.165) is 30.3 Å². The third-order valence-corrected chi connectivity index (χ3v) is 10.1. The van der Waals surface area contributed by atoms with Gasteiger partial charge in [0.1, 0.15) is 11.5 Å². The molecule has 0 atom stereocenters. The topological polar surface area (TPSA) is 93.2 Å². The molecule has 4 amide bonds. The summed E-state index contributed by atoms with van der Waals surface area (Å²) in [4.78, 5) is 53.5. The van der Waals surface area contributed by atoms with Crippen LogP contribution >= 0.6 is 0 Å². The molecule has 0 aliphatic carbocycles. The number of carbonyl (C=O) groups is 4. The molecular weight excluding hydrogens is 754 g/mol. The van der Waals surface area contributed by atoms with Crippen LogP contribution in [0, 0.1) is 6.92 Å². The average Bonchev–Trinajstić information content (AvgIpc) is 3.51. The van der Waals surface area contributed by atoms with Crippen molar-refractivity contribution in [3.63, 3.8) is 0 Å². The Bertz CT molecular complexity index is 2470. The fourth-order valence-electron chi connectivity index (χ4n) is 6.95. The lowest BCUT2D eigenvalue weighted by molar-refractivity contribution is -0.288. The summed E-state index contributed by atoms with van der Waals surface area (Å²) in [5, 5.41) is 0. The van der Waals surface area contributed by atoms with Crippen LogP contribution in [0.4, 0.5) is 32.0 Å². The van der Waals surface area contributed by atoms with Gasteiger partial charge in [-0.05, 0) is 102 Å². The highest BCUT2D eigenvalue weighted by Gasteiger charge is 2.73. The molecule has 292 valence electrons. The third kappa shape index (κ3) is 6.38. The molecule has 2 aliphatic rings. The Morgan fingerprint density at radius 1 is 0.491 bits per heavy atom. The number of benzene rings is 5. The number of anilines is 1. The van der Waals surface area contributed by atoms with Crippen LogP contribution in [0.1, 0.15) is 84.5 Å². The van der Waals surface area contributed by atoms with Crippen molar-refractivity contribution in [2.24, 2.45) is 0 Å². The van der Waals surface area contributed by atoms with E-state index in [4.69, 9.17) is 9.47 Å². The molecule has 8 nitrogen and oxygen atoms in total. The van der Waals surface area contributed by atoms with Crippen LogP contribution in [0.3, 0.4) is 0 Å². The van der Waals surface area contributed by atoms with Crippen LogP contribution in [-0.4, -0.2) is 47.9 Å². The minimum atomic E-state index is -6.08. The van der Waals surface area contributed by atoms with Gasteiger partial charge >= 0.3 is 12.4 Å². The number of alkyl halides is 6. The molecule has 2 aliphatic heterocycles. The molecule has 0 N–H and O–H groups in total. The molecule has 5 aromatic carbocycles. The molecule has 57 heavy (non-hydrogen) atoms. The van der Waals surface area contributed by atoms with Crippen molar-refractivity contribution < 1.29 is 55.0 Å². The summed E-state index contributed by atoms with van der Waals surface area (Å²) in [7, 11) is 1.05. The number of carbonyl (C=O) groups excluding carboxylic acids is 4. The van der Waals surface area contributed by atoms with Gasteiger partial charge in [0.2, 0.25) is 5.41 Å². The van der Waals surface area contributed by atoms with E-state index in [1.807, 2.05) is 64.1 Å². The molecule has 0 fully saturated rings. The van der Waals surface area contributed by atoms with E-state index in [2.05, 4.69) is 0 Å². The van der Waals surface area contributed by atoms with Gasteiger partial charge in [0.25, 0.3) is 23.6 Å². The van der Waals surface area contributed by atoms with Crippen molar-refractivity contribution in [3.8, 4) is 23.0 Å². The number of rotatable bonds is 7. The molecule has 2 heterocycles. The fourth-order valence-corrected chi connectivity index (χ4v) is 6.95. The lowest BCUT2D eigenvalue weighted by Crippen LogP contribution is -2.55. The molecule has 0 spiro atoms. The predicted octanol–water partition coefficient (Wildman–Crippen LogP) is 10.3. The standard InChI is InChI=1S/C43H32F6N2O6/c1-23-6-13-28(14-7-23)57-35-22-24(40(2,3)4)10-19-34(35)56-29-15-11-27(12-16-29)51-38(54)31-18-9-26(21-33(31)39(51)55)41(42(44,45)46,43(47,48)49)25-8-17-30-32(20-25)37(53)50(5)36(30)52/h6-22H,1-5H3. The van der Waals surface area contributed by atoms with Gasteiger partial charge in [-0.1, -0.05) is 56.7 Å². The first-order valence-electron chi connectivity index (χ1n) is 17.4. The summed E-state index contributed by atoms with van der Waals surface area (Å²) in [6, 6.07) is 21.7. The second-order valence-electron chi connectivity index (χ2n) is 14.8. The maximum absolute atomic E-state index is 15.1. The number of hydrogen-bond acceptors (Lipinski definition) is 6. The molecule has 0 bridgehead atoms. The lowest BCUT2D eigenvalue weighted by Gasteiger charge is -2.38. The normalized spacial score (nSPS) is 14.6. The number of halogens is 6. The molecule has 5 aromatic rings. The van der Waals surface area contributed by atoms with E-state index in [0.29, 0.717) is 51.3 Å². The Labute approximate surface area is 322 Å². The van der Waals surface area contributed by atoms with Crippen molar-refractivity contribution in [1.29, 1.82) is 0 Å². The van der Waals surface area contributed by atoms with Gasteiger partial charge in [0.05, 0.1) is 27.9 Å². The molecular formula is C43H32F6N2O6. The summed E-state index contributed by atoms with van der Waals surface area (Å²) in [5.74, 6) is -2.53. The van der Waals surface area contributed by atoms with Crippen LogP contribution in [0.2, 0.25) is 0 Å². The zero-order valence-corrected chi connectivity index (χ0v) is 30.9. The molecule has 0 saturated carbocycles.